The van der Waals surface area contributed by atoms with Crippen LogP contribution >= 0.6 is 11.6 Å². The van der Waals surface area contributed by atoms with E-state index in [0.717, 1.165) is 48.0 Å². The summed E-state index contributed by atoms with van der Waals surface area (Å²) in [5, 5.41) is 7.43. The predicted molar refractivity (Wildman–Crippen MR) is 83.2 cm³/mol. The number of aromatic nitrogens is 2. The topological polar surface area (TPSA) is 61.2 Å². The fourth-order valence-electron chi connectivity index (χ4n) is 2.50. The first kappa shape index (κ1) is 13.3. The molecule has 3 N–H and O–H groups in total. The molecular weight excluding hydrogens is 274 g/mol. The molecule has 2 heterocycles. The zero-order chi connectivity index (χ0) is 14.1. The third kappa shape index (κ3) is 2.46. The number of anilines is 2. The number of nitrogens with one attached hydrogen (secondary N) is 1. The largest absolute Gasteiger partial charge is 0.384 e. The van der Waals surface area contributed by atoms with Crippen LogP contribution in [0.5, 0.6) is 0 Å². The second-order valence-electron chi connectivity index (χ2n) is 5.15. The van der Waals surface area contributed by atoms with E-state index in [1.54, 1.807) is 6.20 Å². The molecule has 0 unspecified atom stereocenters. The summed E-state index contributed by atoms with van der Waals surface area (Å²) in [7, 11) is 2.14. The number of hydrogen-bond acceptors (Lipinski definition) is 4. The molecule has 1 aliphatic heterocycles. The molecule has 5 nitrogen and oxygen atoms in total. The molecule has 6 heteroatoms. The molecule has 1 aromatic carbocycles. The number of halogens is 1. The SMILES string of the molecule is CN1CCN(c2ccc(-c3cn[nH]c3N)cc2Cl)CC1. The molecule has 1 saturated heterocycles. The van der Waals surface area contributed by atoms with Crippen molar-refractivity contribution < 1.29 is 0 Å². The zero-order valence-corrected chi connectivity index (χ0v) is 12.2. The Balaban J connectivity index is 1.86. The lowest BCUT2D eigenvalue weighted by Gasteiger charge is -2.34. The van der Waals surface area contributed by atoms with E-state index in [0.29, 0.717) is 5.82 Å². The Labute approximate surface area is 123 Å². The van der Waals surface area contributed by atoms with Crippen molar-refractivity contribution in [2.24, 2.45) is 0 Å². The average molecular weight is 292 g/mol. The van der Waals surface area contributed by atoms with E-state index in [2.05, 4.69) is 33.1 Å². The minimum Gasteiger partial charge on any atom is -0.384 e. The van der Waals surface area contributed by atoms with Crippen LogP contribution in [0.2, 0.25) is 5.02 Å². The van der Waals surface area contributed by atoms with Gasteiger partial charge in [0.05, 0.1) is 16.9 Å². The lowest BCUT2D eigenvalue weighted by molar-refractivity contribution is 0.313. The van der Waals surface area contributed by atoms with Gasteiger partial charge in [-0.3, -0.25) is 5.10 Å². The van der Waals surface area contributed by atoms with Crippen LogP contribution in [0.1, 0.15) is 0 Å². The molecule has 0 amide bonds. The highest BCUT2D eigenvalue weighted by molar-refractivity contribution is 6.33. The van der Waals surface area contributed by atoms with Crippen molar-refractivity contribution in [1.29, 1.82) is 0 Å². The first-order valence-corrected chi connectivity index (χ1v) is 7.05. The number of aromatic amines is 1. The normalized spacial score (nSPS) is 16.6. The third-order valence-corrected chi connectivity index (χ3v) is 4.07. The maximum Gasteiger partial charge on any atom is 0.126 e. The molecule has 0 radical (unpaired) electrons. The summed E-state index contributed by atoms with van der Waals surface area (Å²) < 4.78 is 0. The van der Waals surface area contributed by atoms with Crippen LogP contribution in [-0.2, 0) is 0 Å². The average Bonchev–Trinajstić information content (AvgIpc) is 2.86. The van der Waals surface area contributed by atoms with Crippen molar-refractivity contribution in [1.82, 2.24) is 15.1 Å². The van der Waals surface area contributed by atoms with Gasteiger partial charge in [0, 0.05) is 31.7 Å². The smallest absolute Gasteiger partial charge is 0.126 e. The van der Waals surface area contributed by atoms with Crippen LogP contribution in [-0.4, -0.2) is 48.3 Å². The Morgan fingerprint density at radius 2 is 2.00 bits per heavy atom. The standard InChI is InChI=1S/C14H18ClN5/c1-19-4-6-20(7-5-19)13-3-2-10(8-12(13)15)11-9-17-18-14(11)16/h2-3,8-9H,4-7H2,1H3,(H3,16,17,18). The van der Waals surface area contributed by atoms with Gasteiger partial charge in [-0.2, -0.15) is 5.10 Å². The Bertz CT molecular complexity index is 601. The minimum absolute atomic E-state index is 0.563. The molecule has 0 bridgehead atoms. The number of likely N-dealkylation sites (N-methyl/N-ethyl adjacent to an activating group) is 1. The summed E-state index contributed by atoms with van der Waals surface area (Å²) in [6.07, 6.45) is 1.72. The summed E-state index contributed by atoms with van der Waals surface area (Å²) in [4.78, 5) is 4.65. The molecule has 2 aromatic rings. The van der Waals surface area contributed by atoms with Gasteiger partial charge in [0.2, 0.25) is 0 Å². The van der Waals surface area contributed by atoms with Crippen molar-refractivity contribution in [2.45, 2.75) is 0 Å². The highest BCUT2D eigenvalue weighted by Gasteiger charge is 2.17. The van der Waals surface area contributed by atoms with Crippen molar-refractivity contribution in [3.05, 3.63) is 29.4 Å². The van der Waals surface area contributed by atoms with Crippen LogP contribution in [0.4, 0.5) is 11.5 Å². The molecule has 0 atom stereocenters. The molecule has 1 fully saturated rings. The number of hydrogen-bond donors (Lipinski definition) is 2. The predicted octanol–water partition coefficient (Wildman–Crippen LogP) is 2.06. The Hall–Kier alpha value is -1.72. The molecule has 1 aliphatic rings. The second kappa shape index (κ2) is 5.34. The fraction of sp³-hybridized carbons (Fsp3) is 0.357. The van der Waals surface area contributed by atoms with Crippen molar-refractivity contribution >= 4 is 23.1 Å². The number of H-pyrrole nitrogens is 1. The molecule has 1 aromatic heterocycles. The van der Waals surface area contributed by atoms with Crippen molar-refractivity contribution in [3.8, 4) is 11.1 Å². The Morgan fingerprint density at radius 3 is 2.60 bits per heavy atom. The number of nitrogens with zero attached hydrogens (tertiary/aromatic N) is 3. The summed E-state index contributed by atoms with van der Waals surface area (Å²) >= 11 is 6.44. The van der Waals surface area contributed by atoms with Gasteiger partial charge in [0.25, 0.3) is 0 Å². The van der Waals surface area contributed by atoms with Gasteiger partial charge in [-0.05, 0) is 24.7 Å². The van der Waals surface area contributed by atoms with Crippen molar-refractivity contribution in [2.75, 3.05) is 43.9 Å². The number of rotatable bonds is 2. The van der Waals surface area contributed by atoms with E-state index >= 15 is 0 Å². The zero-order valence-electron chi connectivity index (χ0n) is 11.4. The van der Waals surface area contributed by atoms with Crippen LogP contribution in [0, 0.1) is 0 Å². The van der Waals surface area contributed by atoms with Crippen LogP contribution in [0.3, 0.4) is 0 Å². The van der Waals surface area contributed by atoms with E-state index in [9.17, 15) is 0 Å². The maximum atomic E-state index is 6.44. The summed E-state index contributed by atoms with van der Waals surface area (Å²) in [5.41, 5.74) is 8.80. The minimum atomic E-state index is 0.563. The van der Waals surface area contributed by atoms with Gasteiger partial charge in [-0.1, -0.05) is 17.7 Å². The van der Waals surface area contributed by atoms with E-state index in [-0.39, 0.29) is 0 Å². The molecule has 0 aliphatic carbocycles. The van der Waals surface area contributed by atoms with Crippen LogP contribution in [0.15, 0.2) is 24.4 Å². The number of piperazine rings is 1. The van der Waals surface area contributed by atoms with Gasteiger partial charge < -0.3 is 15.5 Å². The molecule has 0 spiro atoms. The molecule has 20 heavy (non-hydrogen) atoms. The molecule has 3 rings (SSSR count). The number of nitrogen functional groups attached to an aromatic ring is 1. The van der Waals surface area contributed by atoms with Gasteiger partial charge in [0.15, 0.2) is 0 Å². The molecule has 106 valence electrons. The van der Waals surface area contributed by atoms with Crippen LogP contribution < -0.4 is 10.6 Å². The highest BCUT2D eigenvalue weighted by Crippen LogP contribution is 2.33. The maximum absolute atomic E-state index is 6.44. The first-order chi connectivity index (χ1) is 9.65. The summed E-state index contributed by atoms with van der Waals surface area (Å²) in [6.45, 7) is 4.13. The summed E-state index contributed by atoms with van der Waals surface area (Å²) in [5.74, 6) is 0.563. The Morgan fingerprint density at radius 1 is 1.25 bits per heavy atom. The third-order valence-electron chi connectivity index (χ3n) is 3.77. The highest BCUT2D eigenvalue weighted by atomic mass is 35.5. The Kier molecular flexibility index (Phi) is 3.54. The number of nitrogens with two attached hydrogens (primary N) is 1. The monoisotopic (exact) mass is 291 g/mol. The van der Waals surface area contributed by atoms with Gasteiger partial charge in [0.1, 0.15) is 5.82 Å². The van der Waals surface area contributed by atoms with E-state index < -0.39 is 0 Å². The van der Waals surface area contributed by atoms with E-state index in [1.165, 1.54) is 0 Å². The van der Waals surface area contributed by atoms with Gasteiger partial charge in [-0.25, -0.2) is 0 Å². The summed E-state index contributed by atoms with van der Waals surface area (Å²) in [6, 6.07) is 6.06. The van der Waals surface area contributed by atoms with Gasteiger partial charge >= 0.3 is 0 Å². The first-order valence-electron chi connectivity index (χ1n) is 6.67. The lowest BCUT2D eigenvalue weighted by Crippen LogP contribution is -2.44. The second-order valence-corrected chi connectivity index (χ2v) is 5.56. The van der Waals surface area contributed by atoms with E-state index in [1.807, 2.05) is 12.1 Å². The van der Waals surface area contributed by atoms with Gasteiger partial charge in [-0.15, -0.1) is 0 Å². The van der Waals surface area contributed by atoms with Crippen molar-refractivity contribution in [3.63, 3.8) is 0 Å². The van der Waals surface area contributed by atoms with Crippen LogP contribution in [0.25, 0.3) is 11.1 Å². The fourth-order valence-corrected chi connectivity index (χ4v) is 2.80. The molecule has 0 saturated carbocycles. The van der Waals surface area contributed by atoms with E-state index in [4.69, 9.17) is 17.3 Å². The quantitative estimate of drug-likeness (QED) is 0.889. The molecular formula is C14H18ClN5. The lowest BCUT2D eigenvalue weighted by atomic mass is 10.1. The number of benzene rings is 1.